The van der Waals surface area contributed by atoms with Gasteiger partial charge in [-0.1, -0.05) is 29.8 Å². The number of hydrogen-bond donors (Lipinski definition) is 2. The SMILES string of the molecule is Cc1cccc(CN2CC(N)CC(CC(O)C3CC3)C2)c1. The molecule has 0 bridgehead atoms. The minimum atomic E-state index is -0.0962. The van der Waals surface area contributed by atoms with Crippen LogP contribution in [0.15, 0.2) is 24.3 Å². The van der Waals surface area contributed by atoms with Gasteiger partial charge in [0.2, 0.25) is 0 Å². The van der Waals surface area contributed by atoms with Crippen molar-refractivity contribution in [3.05, 3.63) is 35.4 Å². The molecule has 2 fully saturated rings. The van der Waals surface area contributed by atoms with E-state index in [2.05, 4.69) is 36.1 Å². The molecule has 21 heavy (non-hydrogen) atoms. The van der Waals surface area contributed by atoms with Gasteiger partial charge in [0.15, 0.2) is 0 Å². The first kappa shape index (κ1) is 15.0. The van der Waals surface area contributed by atoms with E-state index in [1.54, 1.807) is 0 Å². The quantitative estimate of drug-likeness (QED) is 0.874. The number of aliphatic hydroxyl groups is 1. The van der Waals surface area contributed by atoms with Crippen LogP contribution in [-0.2, 0) is 6.54 Å². The Kier molecular flexibility index (Phi) is 4.63. The Morgan fingerprint density at radius 1 is 1.33 bits per heavy atom. The molecule has 0 radical (unpaired) electrons. The highest BCUT2D eigenvalue weighted by atomic mass is 16.3. The van der Waals surface area contributed by atoms with Crippen LogP contribution in [0, 0.1) is 18.8 Å². The van der Waals surface area contributed by atoms with Crippen molar-refractivity contribution in [2.24, 2.45) is 17.6 Å². The Balaban J connectivity index is 1.57. The Morgan fingerprint density at radius 3 is 2.86 bits per heavy atom. The Labute approximate surface area is 128 Å². The molecule has 0 spiro atoms. The van der Waals surface area contributed by atoms with Gasteiger partial charge < -0.3 is 10.8 Å². The largest absolute Gasteiger partial charge is 0.393 e. The van der Waals surface area contributed by atoms with E-state index in [9.17, 15) is 5.11 Å². The standard InChI is InChI=1S/C18H28N2O/c1-13-3-2-4-14(7-13)10-20-11-15(8-17(19)12-20)9-18(21)16-5-6-16/h2-4,7,15-18,21H,5-6,8-12,19H2,1H3. The number of nitrogens with two attached hydrogens (primary N) is 1. The zero-order chi connectivity index (χ0) is 14.8. The molecule has 116 valence electrons. The number of piperidine rings is 1. The van der Waals surface area contributed by atoms with Gasteiger partial charge in [-0.25, -0.2) is 0 Å². The zero-order valence-electron chi connectivity index (χ0n) is 13.0. The number of benzene rings is 1. The molecule has 0 aromatic heterocycles. The minimum Gasteiger partial charge on any atom is -0.393 e. The van der Waals surface area contributed by atoms with Gasteiger partial charge in [-0.05, 0) is 50.0 Å². The first-order valence-corrected chi connectivity index (χ1v) is 8.31. The molecule has 3 unspecified atom stereocenters. The highest BCUT2D eigenvalue weighted by Gasteiger charge is 2.33. The predicted molar refractivity (Wildman–Crippen MR) is 85.9 cm³/mol. The summed E-state index contributed by atoms with van der Waals surface area (Å²) in [5, 5.41) is 10.2. The fraction of sp³-hybridized carbons (Fsp3) is 0.667. The summed E-state index contributed by atoms with van der Waals surface area (Å²) in [6, 6.07) is 8.97. The van der Waals surface area contributed by atoms with Crippen LogP contribution < -0.4 is 5.73 Å². The lowest BCUT2D eigenvalue weighted by Gasteiger charge is -2.37. The molecule has 3 N–H and O–H groups in total. The Morgan fingerprint density at radius 2 is 2.14 bits per heavy atom. The summed E-state index contributed by atoms with van der Waals surface area (Å²) < 4.78 is 0. The van der Waals surface area contributed by atoms with Crippen LogP contribution in [0.25, 0.3) is 0 Å². The molecule has 3 nitrogen and oxygen atoms in total. The van der Waals surface area contributed by atoms with Crippen molar-refractivity contribution >= 4 is 0 Å². The molecule has 1 aromatic carbocycles. The van der Waals surface area contributed by atoms with Crippen molar-refractivity contribution in [2.75, 3.05) is 13.1 Å². The summed E-state index contributed by atoms with van der Waals surface area (Å²) in [4.78, 5) is 2.47. The van der Waals surface area contributed by atoms with Crippen molar-refractivity contribution in [2.45, 2.75) is 51.3 Å². The molecule has 3 rings (SSSR count). The van der Waals surface area contributed by atoms with Crippen LogP contribution in [0.1, 0.15) is 36.8 Å². The molecule has 1 aliphatic heterocycles. The summed E-state index contributed by atoms with van der Waals surface area (Å²) in [5.74, 6) is 1.13. The lowest BCUT2D eigenvalue weighted by molar-refractivity contribution is 0.0781. The van der Waals surface area contributed by atoms with Gasteiger partial charge in [-0.3, -0.25) is 4.90 Å². The van der Waals surface area contributed by atoms with Gasteiger partial charge in [0.25, 0.3) is 0 Å². The smallest absolute Gasteiger partial charge is 0.0571 e. The molecule has 1 aliphatic carbocycles. The fourth-order valence-corrected chi connectivity index (χ4v) is 3.73. The normalized spacial score (nSPS) is 28.5. The number of aryl methyl sites for hydroxylation is 1. The van der Waals surface area contributed by atoms with Gasteiger partial charge in [0, 0.05) is 25.7 Å². The molecule has 1 saturated carbocycles. The van der Waals surface area contributed by atoms with Gasteiger partial charge in [-0.2, -0.15) is 0 Å². The number of aliphatic hydroxyl groups excluding tert-OH is 1. The van der Waals surface area contributed by atoms with Gasteiger partial charge in [-0.15, -0.1) is 0 Å². The van der Waals surface area contributed by atoms with E-state index in [0.29, 0.717) is 11.8 Å². The Hall–Kier alpha value is -0.900. The highest BCUT2D eigenvalue weighted by molar-refractivity contribution is 5.22. The van der Waals surface area contributed by atoms with Crippen molar-refractivity contribution < 1.29 is 5.11 Å². The van der Waals surface area contributed by atoms with Crippen LogP contribution in [0.2, 0.25) is 0 Å². The van der Waals surface area contributed by atoms with E-state index < -0.39 is 0 Å². The van der Waals surface area contributed by atoms with Crippen LogP contribution >= 0.6 is 0 Å². The van der Waals surface area contributed by atoms with Crippen LogP contribution in [0.4, 0.5) is 0 Å². The van der Waals surface area contributed by atoms with Crippen molar-refractivity contribution in [3.8, 4) is 0 Å². The van der Waals surface area contributed by atoms with Gasteiger partial charge >= 0.3 is 0 Å². The third-order valence-corrected chi connectivity index (χ3v) is 4.87. The second-order valence-electron chi connectivity index (χ2n) is 7.19. The summed E-state index contributed by atoms with van der Waals surface area (Å²) in [6.07, 6.45) is 4.33. The number of hydrogen-bond acceptors (Lipinski definition) is 3. The molecule has 1 heterocycles. The van der Waals surface area contributed by atoms with E-state index in [1.807, 2.05) is 0 Å². The first-order valence-electron chi connectivity index (χ1n) is 8.31. The lowest BCUT2D eigenvalue weighted by atomic mass is 9.88. The second kappa shape index (κ2) is 6.47. The molecule has 3 atom stereocenters. The van der Waals surface area contributed by atoms with Gasteiger partial charge in [0.1, 0.15) is 0 Å². The van der Waals surface area contributed by atoms with E-state index in [-0.39, 0.29) is 12.1 Å². The monoisotopic (exact) mass is 288 g/mol. The van der Waals surface area contributed by atoms with Crippen LogP contribution in [0.5, 0.6) is 0 Å². The first-order chi connectivity index (χ1) is 10.1. The molecule has 1 saturated heterocycles. The molecule has 0 amide bonds. The van der Waals surface area contributed by atoms with E-state index in [0.717, 1.165) is 32.5 Å². The van der Waals surface area contributed by atoms with Crippen LogP contribution in [-0.4, -0.2) is 35.2 Å². The summed E-state index contributed by atoms with van der Waals surface area (Å²) in [7, 11) is 0. The third kappa shape index (κ3) is 4.29. The number of rotatable bonds is 5. The summed E-state index contributed by atoms with van der Waals surface area (Å²) in [5.41, 5.74) is 8.92. The summed E-state index contributed by atoms with van der Waals surface area (Å²) in [6.45, 7) is 5.17. The average molecular weight is 288 g/mol. The fourth-order valence-electron chi connectivity index (χ4n) is 3.73. The van der Waals surface area contributed by atoms with Gasteiger partial charge in [0.05, 0.1) is 6.10 Å². The Bertz CT molecular complexity index is 472. The maximum absolute atomic E-state index is 10.2. The van der Waals surface area contributed by atoms with E-state index in [1.165, 1.54) is 24.0 Å². The number of nitrogens with zero attached hydrogens (tertiary/aromatic N) is 1. The second-order valence-corrected chi connectivity index (χ2v) is 7.19. The molecule has 1 aromatic rings. The van der Waals surface area contributed by atoms with E-state index >= 15 is 0 Å². The van der Waals surface area contributed by atoms with Crippen LogP contribution in [0.3, 0.4) is 0 Å². The molecular weight excluding hydrogens is 260 g/mol. The maximum atomic E-state index is 10.2. The lowest BCUT2D eigenvalue weighted by Crippen LogP contribution is -2.47. The third-order valence-electron chi connectivity index (χ3n) is 4.87. The van der Waals surface area contributed by atoms with Crippen molar-refractivity contribution in [1.29, 1.82) is 0 Å². The average Bonchev–Trinajstić information content (AvgIpc) is 3.21. The molecule has 3 heteroatoms. The molecular formula is C18H28N2O. The highest BCUT2D eigenvalue weighted by Crippen LogP contribution is 2.36. The molecule has 2 aliphatic rings. The minimum absolute atomic E-state index is 0.0962. The maximum Gasteiger partial charge on any atom is 0.0571 e. The summed E-state index contributed by atoms with van der Waals surface area (Å²) >= 11 is 0. The topological polar surface area (TPSA) is 49.5 Å². The number of likely N-dealkylation sites (tertiary alicyclic amines) is 1. The zero-order valence-corrected chi connectivity index (χ0v) is 13.0. The van der Waals surface area contributed by atoms with Crippen molar-refractivity contribution in [3.63, 3.8) is 0 Å². The van der Waals surface area contributed by atoms with Crippen molar-refractivity contribution in [1.82, 2.24) is 4.90 Å². The van der Waals surface area contributed by atoms with E-state index in [4.69, 9.17) is 5.73 Å². The predicted octanol–water partition coefficient (Wildman–Crippen LogP) is 2.31.